The highest BCUT2D eigenvalue weighted by Crippen LogP contribution is 2.25. The standard InChI is InChI=1S/C52H82O8S/c1-3-5-7-9-11-13-15-17-19-21-23-25-27-29-31-33-51(53)59-45-43-57-47-35-39-49(40-36-47)61(55,56)50-41-37-48(38-42-50)58-44-46-60-52(54)34-32-30-28-26-24-22-20-18-16-14-12-10-8-6-4-2/h3-4,35-42H,1-2,5-34,43-46H2. The van der Waals surface area contributed by atoms with Crippen molar-refractivity contribution in [1.82, 2.24) is 0 Å². The molecule has 2 aromatic rings. The van der Waals surface area contributed by atoms with Gasteiger partial charge in [0.2, 0.25) is 9.84 Å². The van der Waals surface area contributed by atoms with Gasteiger partial charge in [0, 0.05) is 12.8 Å². The van der Waals surface area contributed by atoms with Crippen LogP contribution in [0.3, 0.4) is 0 Å². The van der Waals surface area contributed by atoms with Crippen molar-refractivity contribution in [3.8, 4) is 11.5 Å². The molecule has 0 unspecified atom stereocenters. The van der Waals surface area contributed by atoms with Crippen molar-refractivity contribution in [2.75, 3.05) is 26.4 Å². The number of sulfone groups is 1. The zero-order valence-electron chi connectivity index (χ0n) is 37.9. The van der Waals surface area contributed by atoms with Crippen LogP contribution >= 0.6 is 0 Å². The predicted octanol–water partition coefficient (Wildman–Crippen LogP) is 14.4. The van der Waals surface area contributed by atoms with Crippen LogP contribution < -0.4 is 9.47 Å². The van der Waals surface area contributed by atoms with E-state index in [1.54, 1.807) is 24.3 Å². The SMILES string of the molecule is C=CCCCCCCCCCCCCCCCC(=O)OCCOc1ccc(S(=O)(=O)c2ccc(OCCOC(=O)CCCCCCCCCCCCCCCC=C)cc2)cc1. The molecule has 0 aromatic heterocycles. The van der Waals surface area contributed by atoms with Crippen molar-refractivity contribution in [3.63, 3.8) is 0 Å². The Morgan fingerprint density at radius 2 is 0.656 bits per heavy atom. The molecule has 0 atom stereocenters. The van der Waals surface area contributed by atoms with E-state index in [0.29, 0.717) is 24.3 Å². The van der Waals surface area contributed by atoms with Gasteiger partial charge in [0.25, 0.3) is 0 Å². The van der Waals surface area contributed by atoms with E-state index in [0.717, 1.165) is 51.4 Å². The molecule has 9 heteroatoms. The zero-order chi connectivity index (χ0) is 43.9. The van der Waals surface area contributed by atoms with Gasteiger partial charge in [-0.05, 0) is 87.1 Å². The Morgan fingerprint density at radius 3 is 0.934 bits per heavy atom. The van der Waals surface area contributed by atoms with Crippen molar-refractivity contribution >= 4 is 21.8 Å². The van der Waals surface area contributed by atoms with Crippen molar-refractivity contribution in [2.45, 2.75) is 202 Å². The lowest BCUT2D eigenvalue weighted by Gasteiger charge is -2.10. The number of carbonyl (C=O) groups is 2. The minimum absolute atomic E-state index is 0.139. The first-order chi connectivity index (χ1) is 29.9. The number of carbonyl (C=O) groups excluding carboxylic acids is 2. The van der Waals surface area contributed by atoms with Gasteiger partial charge in [0.05, 0.1) is 9.79 Å². The highest BCUT2D eigenvalue weighted by atomic mass is 32.2. The third kappa shape index (κ3) is 28.6. The van der Waals surface area contributed by atoms with E-state index in [9.17, 15) is 18.0 Å². The maximum atomic E-state index is 13.2. The Kier molecular flexibility index (Phi) is 32.5. The number of allylic oxidation sites excluding steroid dienone is 2. The molecule has 0 amide bonds. The maximum Gasteiger partial charge on any atom is 0.305 e. The number of rotatable bonds is 42. The van der Waals surface area contributed by atoms with Crippen LogP contribution in [0.25, 0.3) is 0 Å². The second-order valence-electron chi connectivity index (χ2n) is 16.4. The summed E-state index contributed by atoms with van der Waals surface area (Å²) < 4.78 is 48.4. The lowest BCUT2D eigenvalue weighted by molar-refractivity contribution is -0.145. The van der Waals surface area contributed by atoms with Crippen LogP contribution in [-0.2, 0) is 28.9 Å². The van der Waals surface area contributed by atoms with Crippen LogP contribution in [0.4, 0.5) is 0 Å². The molecule has 0 saturated heterocycles. The van der Waals surface area contributed by atoms with Crippen molar-refractivity contribution in [2.24, 2.45) is 0 Å². The van der Waals surface area contributed by atoms with Gasteiger partial charge >= 0.3 is 11.9 Å². The molecule has 0 spiro atoms. The molecular weight excluding hydrogens is 785 g/mol. The molecule has 2 aromatic carbocycles. The summed E-state index contributed by atoms with van der Waals surface area (Å²) >= 11 is 0. The van der Waals surface area contributed by atoms with Crippen molar-refractivity contribution < 1.29 is 37.0 Å². The first-order valence-corrected chi connectivity index (χ1v) is 25.6. The Morgan fingerprint density at radius 1 is 0.393 bits per heavy atom. The lowest BCUT2D eigenvalue weighted by atomic mass is 10.0. The lowest BCUT2D eigenvalue weighted by Crippen LogP contribution is -2.12. The summed E-state index contributed by atoms with van der Waals surface area (Å²) in [7, 11) is -3.75. The summed E-state index contributed by atoms with van der Waals surface area (Å²) in [5.41, 5.74) is 0. The smallest absolute Gasteiger partial charge is 0.305 e. The van der Waals surface area contributed by atoms with Crippen LogP contribution in [0.5, 0.6) is 11.5 Å². The minimum atomic E-state index is -3.75. The van der Waals surface area contributed by atoms with E-state index in [1.165, 1.54) is 153 Å². The molecule has 0 aliphatic rings. The van der Waals surface area contributed by atoms with E-state index in [4.69, 9.17) is 18.9 Å². The van der Waals surface area contributed by atoms with Gasteiger partial charge < -0.3 is 18.9 Å². The monoisotopic (exact) mass is 867 g/mol. The first kappa shape index (κ1) is 53.5. The van der Waals surface area contributed by atoms with Gasteiger partial charge in [-0.2, -0.15) is 0 Å². The number of unbranched alkanes of at least 4 members (excludes halogenated alkanes) is 26. The largest absolute Gasteiger partial charge is 0.490 e. The predicted molar refractivity (Wildman–Crippen MR) is 250 cm³/mol. The Balaban J connectivity index is 1.46. The Hall–Kier alpha value is -3.59. The Bertz CT molecular complexity index is 1400. The molecule has 0 radical (unpaired) electrons. The molecule has 344 valence electrons. The fourth-order valence-corrected chi connectivity index (χ4v) is 8.61. The van der Waals surface area contributed by atoms with Crippen molar-refractivity contribution in [1.29, 1.82) is 0 Å². The third-order valence-corrected chi connectivity index (χ3v) is 12.9. The van der Waals surface area contributed by atoms with Crippen LogP contribution in [0.15, 0.2) is 83.6 Å². The zero-order valence-corrected chi connectivity index (χ0v) is 38.7. The first-order valence-electron chi connectivity index (χ1n) is 24.1. The molecule has 0 N–H and O–H groups in total. The number of ether oxygens (including phenoxy) is 4. The second-order valence-corrected chi connectivity index (χ2v) is 18.4. The summed E-state index contributed by atoms with van der Waals surface area (Å²) in [5.74, 6) is 0.557. The molecule has 0 fully saturated rings. The topological polar surface area (TPSA) is 105 Å². The molecule has 0 bridgehead atoms. The van der Waals surface area contributed by atoms with E-state index < -0.39 is 9.84 Å². The van der Waals surface area contributed by atoms with Crippen molar-refractivity contribution in [3.05, 3.63) is 73.8 Å². The average molecular weight is 867 g/mol. The minimum Gasteiger partial charge on any atom is -0.490 e. The number of benzene rings is 2. The van der Waals surface area contributed by atoms with Crippen LogP contribution in [0, 0.1) is 0 Å². The van der Waals surface area contributed by atoms with Gasteiger partial charge in [-0.3, -0.25) is 9.59 Å². The number of esters is 2. The summed E-state index contributed by atoms with van der Waals surface area (Å²) in [6.45, 7) is 8.21. The number of hydrogen-bond donors (Lipinski definition) is 0. The van der Waals surface area contributed by atoms with E-state index in [-0.39, 0.29) is 48.2 Å². The second kappa shape index (κ2) is 37.0. The summed E-state index contributed by atoms with van der Waals surface area (Å²) in [6, 6.07) is 12.4. The van der Waals surface area contributed by atoms with E-state index in [2.05, 4.69) is 13.2 Å². The highest BCUT2D eigenvalue weighted by molar-refractivity contribution is 7.91. The quantitative estimate of drug-likeness (QED) is 0.0369. The van der Waals surface area contributed by atoms with Crippen LogP contribution in [0.2, 0.25) is 0 Å². The summed E-state index contributed by atoms with van der Waals surface area (Å²) in [4.78, 5) is 24.5. The summed E-state index contributed by atoms with van der Waals surface area (Å²) in [5, 5.41) is 0. The summed E-state index contributed by atoms with van der Waals surface area (Å²) in [6.07, 6.45) is 39.5. The number of hydrogen-bond acceptors (Lipinski definition) is 8. The highest BCUT2D eigenvalue weighted by Gasteiger charge is 2.18. The molecular formula is C52H82O8S. The normalized spacial score (nSPS) is 11.3. The van der Waals surface area contributed by atoms with Gasteiger partial charge in [0.15, 0.2) is 0 Å². The molecule has 61 heavy (non-hydrogen) atoms. The fourth-order valence-electron chi connectivity index (χ4n) is 7.35. The van der Waals surface area contributed by atoms with Gasteiger partial charge in [-0.15, -0.1) is 13.2 Å². The molecule has 2 rings (SSSR count). The molecule has 0 aliphatic carbocycles. The van der Waals surface area contributed by atoms with Crippen LogP contribution in [-0.4, -0.2) is 46.8 Å². The van der Waals surface area contributed by atoms with Crippen LogP contribution in [0.1, 0.15) is 193 Å². The molecule has 8 nitrogen and oxygen atoms in total. The molecule has 0 heterocycles. The van der Waals surface area contributed by atoms with E-state index in [1.807, 2.05) is 12.2 Å². The van der Waals surface area contributed by atoms with E-state index >= 15 is 0 Å². The van der Waals surface area contributed by atoms with Gasteiger partial charge in [0.1, 0.15) is 37.9 Å². The van der Waals surface area contributed by atoms with Gasteiger partial charge in [-0.1, -0.05) is 153 Å². The average Bonchev–Trinajstić information content (AvgIpc) is 3.27. The third-order valence-electron chi connectivity index (χ3n) is 11.1. The molecule has 0 saturated carbocycles. The fraction of sp³-hybridized carbons (Fsp3) is 0.654. The van der Waals surface area contributed by atoms with Gasteiger partial charge in [-0.25, -0.2) is 8.42 Å². The molecule has 0 aliphatic heterocycles. The Labute approximate surface area is 371 Å². The maximum absolute atomic E-state index is 13.2.